The average Bonchev–Trinajstić information content (AvgIpc) is 2.76. The third-order valence-electron chi connectivity index (χ3n) is 13.3. The van der Waals surface area contributed by atoms with Gasteiger partial charge in [0.15, 0.2) is 0 Å². The van der Waals surface area contributed by atoms with Crippen LogP contribution in [0.2, 0.25) is 0 Å². The molecule has 0 aromatic heterocycles. The van der Waals surface area contributed by atoms with E-state index in [0.717, 1.165) is 32.1 Å². The van der Waals surface area contributed by atoms with Gasteiger partial charge in [-0.3, -0.25) is 4.79 Å². The number of fused-ring (bicyclic) bond motifs is 7. The van der Waals surface area contributed by atoms with E-state index in [-0.39, 0.29) is 33.0 Å². The number of carbonyl (C=O) groups is 1. The Labute approximate surface area is 219 Å². The van der Waals surface area contributed by atoms with E-state index < -0.39 is 12.2 Å². The second kappa shape index (κ2) is 8.07. The Morgan fingerprint density at radius 2 is 1.64 bits per heavy atom. The quantitative estimate of drug-likeness (QED) is 0.328. The molecule has 9 atom stereocenters. The fraction of sp³-hybridized carbons (Fsp3) is 0.906. The largest absolute Gasteiger partial charge is 0.459 e. The fourth-order valence-corrected chi connectivity index (χ4v) is 11.2. The summed E-state index contributed by atoms with van der Waals surface area (Å²) in [6.45, 7) is 18.6. The first-order valence-corrected chi connectivity index (χ1v) is 14.7. The van der Waals surface area contributed by atoms with Gasteiger partial charge in [-0.25, -0.2) is 0 Å². The highest BCUT2D eigenvalue weighted by atomic mass is 16.6. The predicted molar refractivity (Wildman–Crippen MR) is 143 cm³/mol. The minimum atomic E-state index is -0.627. The average molecular weight is 501 g/mol. The number of carbonyl (C=O) groups excluding carboxylic acids is 1. The summed E-state index contributed by atoms with van der Waals surface area (Å²) in [6, 6.07) is 0. The molecule has 0 heterocycles. The van der Waals surface area contributed by atoms with Gasteiger partial charge < -0.3 is 14.9 Å². The van der Waals surface area contributed by atoms with Crippen LogP contribution in [0, 0.1) is 50.2 Å². The van der Waals surface area contributed by atoms with Crippen LogP contribution in [-0.4, -0.2) is 35.0 Å². The van der Waals surface area contributed by atoms with Gasteiger partial charge in [-0.15, -0.1) is 0 Å². The van der Waals surface area contributed by atoms with Crippen LogP contribution in [-0.2, 0) is 9.53 Å². The number of hydrogen-bond acceptors (Lipinski definition) is 4. The van der Waals surface area contributed by atoms with Crippen molar-refractivity contribution in [2.75, 3.05) is 6.61 Å². The molecule has 5 aliphatic carbocycles. The number of hydrogen-bond donors (Lipinski definition) is 2. The minimum Gasteiger partial charge on any atom is -0.459 e. The zero-order chi connectivity index (χ0) is 26.5. The molecule has 0 aliphatic heterocycles. The van der Waals surface area contributed by atoms with Crippen molar-refractivity contribution in [1.29, 1.82) is 0 Å². The molecule has 0 bridgehead atoms. The Morgan fingerprint density at radius 3 is 2.28 bits per heavy atom. The normalized spacial score (nSPS) is 51.1. The Kier molecular flexibility index (Phi) is 5.99. The summed E-state index contributed by atoms with van der Waals surface area (Å²) in [6.07, 6.45) is 11.4. The molecule has 4 nitrogen and oxygen atoms in total. The molecular weight excluding hydrogens is 448 g/mol. The van der Waals surface area contributed by atoms with Crippen LogP contribution < -0.4 is 0 Å². The first kappa shape index (κ1) is 26.7. The fourth-order valence-electron chi connectivity index (χ4n) is 11.2. The Morgan fingerprint density at radius 1 is 0.972 bits per heavy atom. The van der Waals surface area contributed by atoms with Crippen molar-refractivity contribution in [2.45, 2.75) is 125 Å². The smallest absolute Gasteiger partial charge is 0.303 e. The van der Waals surface area contributed by atoms with Crippen LogP contribution in [0.4, 0.5) is 0 Å². The molecule has 0 unspecified atom stereocenters. The van der Waals surface area contributed by atoms with Crippen LogP contribution in [0.3, 0.4) is 0 Å². The van der Waals surface area contributed by atoms with Gasteiger partial charge in [0.1, 0.15) is 6.10 Å². The molecular formula is C32H52O4. The first-order chi connectivity index (χ1) is 16.6. The molecule has 36 heavy (non-hydrogen) atoms. The molecule has 204 valence electrons. The molecule has 0 aromatic carbocycles. The molecule has 0 amide bonds. The van der Waals surface area contributed by atoms with E-state index >= 15 is 0 Å². The number of ether oxygens (including phenoxy) is 1. The molecule has 4 heteroatoms. The summed E-state index contributed by atoms with van der Waals surface area (Å²) in [7, 11) is 0. The molecule has 0 radical (unpaired) electrons. The topological polar surface area (TPSA) is 66.8 Å². The van der Waals surface area contributed by atoms with Gasteiger partial charge in [0.2, 0.25) is 0 Å². The van der Waals surface area contributed by atoms with Gasteiger partial charge in [-0.05, 0) is 97.2 Å². The minimum absolute atomic E-state index is 0.00500. The maximum absolute atomic E-state index is 11.9. The van der Waals surface area contributed by atoms with E-state index in [1.54, 1.807) is 5.57 Å². The van der Waals surface area contributed by atoms with Crippen molar-refractivity contribution in [2.24, 2.45) is 50.2 Å². The monoisotopic (exact) mass is 500 g/mol. The Bertz CT molecular complexity index is 950. The predicted octanol–water partition coefficient (Wildman–Crippen LogP) is 6.68. The summed E-state index contributed by atoms with van der Waals surface area (Å²) in [5.41, 5.74) is 2.06. The SMILES string of the molecule is CC(=O)O[C@@H]1[C@H](O)C[C@]2(C)[C@H]3CC=C4[C@@H]5CC(C)(C)CC[C@]5(CO)CC[C@]4(C)[C@]3(C)CC[C@H]2C1(C)C. The van der Waals surface area contributed by atoms with E-state index in [1.165, 1.54) is 26.2 Å². The maximum Gasteiger partial charge on any atom is 0.303 e. The lowest BCUT2D eigenvalue weighted by Crippen LogP contribution is -2.67. The van der Waals surface area contributed by atoms with Crippen molar-refractivity contribution < 1.29 is 19.7 Å². The van der Waals surface area contributed by atoms with Gasteiger partial charge in [0.05, 0.1) is 6.10 Å². The highest BCUT2D eigenvalue weighted by molar-refractivity contribution is 5.66. The zero-order valence-electron chi connectivity index (χ0n) is 24.2. The van der Waals surface area contributed by atoms with E-state index in [2.05, 4.69) is 54.5 Å². The molecule has 4 saturated carbocycles. The van der Waals surface area contributed by atoms with E-state index in [4.69, 9.17) is 4.74 Å². The lowest BCUT2D eigenvalue weighted by Gasteiger charge is -2.71. The maximum atomic E-state index is 11.9. The number of esters is 1. The number of aliphatic hydroxyl groups is 2. The number of allylic oxidation sites excluding steroid dienone is 2. The van der Waals surface area contributed by atoms with E-state index in [1.807, 2.05) is 0 Å². The third-order valence-corrected chi connectivity index (χ3v) is 13.3. The van der Waals surface area contributed by atoms with Crippen molar-refractivity contribution >= 4 is 5.97 Å². The number of aliphatic hydroxyl groups excluding tert-OH is 2. The van der Waals surface area contributed by atoms with Crippen LogP contribution in [0.15, 0.2) is 11.6 Å². The third kappa shape index (κ3) is 3.41. The lowest BCUT2D eigenvalue weighted by atomic mass is 9.33. The number of rotatable bonds is 2. The second-order valence-electron chi connectivity index (χ2n) is 15.9. The summed E-state index contributed by atoms with van der Waals surface area (Å²) in [5, 5.41) is 22.1. The molecule has 2 N–H and O–H groups in total. The van der Waals surface area contributed by atoms with Gasteiger partial charge in [-0.1, -0.05) is 60.1 Å². The van der Waals surface area contributed by atoms with Crippen LogP contribution >= 0.6 is 0 Å². The van der Waals surface area contributed by atoms with Crippen molar-refractivity contribution in [3.05, 3.63) is 11.6 Å². The Balaban J connectivity index is 1.56. The molecule has 0 saturated heterocycles. The molecule has 0 aromatic rings. The highest BCUT2D eigenvalue weighted by Gasteiger charge is 2.69. The first-order valence-electron chi connectivity index (χ1n) is 14.7. The van der Waals surface area contributed by atoms with Crippen LogP contribution in [0.1, 0.15) is 113 Å². The highest BCUT2D eigenvalue weighted by Crippen LogP contribution is 2.75. The van der Waals surface area contributed by atoms with Crippen LogP contribution in [0.25, 0.3) is 0 Å². The second-order valence-corrected chi connectivity index (χ2v) is 15.9. The van der Waals surface area contributed by atoms with Crippen molar-refractivity contribution in [3.63, 3.8) is 0 Å². The Hall–Kier alpha value is -0.870. The van der Waals surface area contributed by atoms with Crippen LogP contribution in [0.5, 0.6) is 0 Å². The zero-order valence-corrected chi connectivity index (χ0v) is 24.2. The molecule has 5 rings (SSSR count). The van der Waals surface area contributed by atoms with Crippen molar-refractivity contribution in [1.82, 2.24) is 0 Å². The van der Waals surface area contributed by atoms with Gasteiger partial charge in [0, 0.05) is 24.4 Å². The van der Waals surface area contributed by atoms with Crippen molar-refractivity contribution in [3.8, 4) is 0 Å². The summed E-state index contributed by atoms with van der Waals surface area (Å²) < 4.78 is 5.76. The molecule has 4 fully saturated rings. The van der Waals surface area contributed by atoms with Gasteiger partial charge >= 0.3 is 5.97 Å². The summed E-state index contributed by atoms with van der Waals surface area (Å²) in [5.74, 6) is 1.08. The lowest BCUT2D eigenvalue weighted by molar-refractivity contribution is -0.239. The van der Waals surface area contributed by atoms with Gasteiger partial charge in [0.25, 0.3) is 0 Å². The summed E-state index contributed by atoms with van der Waals surface area (Å²) in [4.78, 5) is 11.9. The van der Waals surface area contributed by atoms with E-state index in [0.29, 0.717) is 36.2 Å². The van der Waals surface area contributed by atoms with E-state index in [9.17, 15) is 15.0 Å². The molecule has 5 aliphatic rings. The van der Waals surface area contributed by atoms with Gasteiger partial charge in [-0.2, -0.15) is 0 Å². The summed E-state index contributed by atoms with van der Waals surface area (Å²) >= 11 is 0. The standard InChI is InChI=1S/C32H52O4/c1-20(34)36-26-23(35)18-29(6)24(28(26,4)5)11-12-31(8)25(29)10-9-21-22-17-27(2,3)13-15-32(22,19-33)16-14-30(21,31)7/h9,22-26,33,35H,10-19H2,1-8H3/t22-,23+,24-,25+,26+,29-,30-,31+,32+/m0/s1. The molecule has 0 spiro atoms.